The lowest BCUT2D eigenvalue weighted by Gasteiger charge is -2.32. The number of likely N-dealkylation sites (tertiary alicyclic amines) is 2. The van der Waals surface area contributed by atoms with Crippen LogP contribution in [0.1, 0.15) is 37.7 Å². The molecule has 2 saturated heterocycles. The van der Waals surface area contributed by atoms with Crippen molar-refractivity contribution in [3.63, 3.8) is 0 Å². The highest BCUT2D eigenvalue weighted by atomic mass is 32.2. The Hall–Kier alpha value is -1.48. The number of carbonyl (C=O) groups is 1. The molecule has 2 aliphatic heterocycles. The molecule has 1 amide bonds. The van der Waals surface area contributed by atoms with E-state index in [1.807, 2.05) is 23.1 Å². The number of amides is 1. The van der Waals surface area contributed by atoms with Crippen LogP contribution < -0.4 is 0 Å². The maximum absolute atomic E-state index is 13.0. The summed E-state index contributed by atoms with van der Waals surface area (Å²) in [5.41, 5.74) is 1.25. The molecule has 0 aromatic heterocycles. The van der Waals surface area contributed by atoms with Crippen LogP contribution in [0.5, 0.6) is 0 Å². The summed E-state index contributed by atoms with van der Waals surface area (Å²) in [6.07, 6.45) is 5.30. The first-order valence-corrected chi connectivity index (χ1v) is 12.5. The maximum Gasteiger partial charge on any atom is 0.281 e. The van der Waals surface area contributed by atoms with E-state index in [1.54, 1.807) is 18.4 Å². The molecule has 8 heteroatoms. The molecule has 0 aliphatic carbocycles. The quantitative estimate of drug-likeness (QED) is 0.561. The fraction of sp³-hybridized carbons (Fsp3) is 0.682. The molecular weight excluding hydrogens is 400 g/mol. The zero-order valence-corrected chi connectivity index (χ0v) is 19.2. The molecule has 3 rings (SSSR count). The van der Waals surface area contributed by atoms with Gasteiger partial charge in [0.05, 0.1) is 0 Å². The summed E-state index contributed by atoms with van der Waals surface area (Å²) in [7, 11) is -0.348. The van der Waals surface area contributed by atoms with Gasteiger partial charge in [-0.05, 0) is 50.8 Å². The Balaban J connectivity index is 1.54. The normalized spacial score (nSPS) is 20.5. The largest absolute Gasteiger partial charge is 0.341 e. The third kappa shape index (κ3) is 6.03. The second-order valence-electron chi connectivity index (χ2n) is 8.57. The lowest BCUT2D eigenvalue weighted by Crippen LogP contribution is -2.50. The average Bonchev–Trinajstić information content (AvgIpc) is 3.41. The van der Waals surface area contributed by atoms with Gasteiger partial charge < -0.3 is 9.80 Å². The molecule has 2 aliphatic rings. The summed E-state index contributed by atoms with van der Waals surface area (Å²) in [6.45, 7) is 4.48. The molecule has 30 heavy (non-hydrogen) atoms. The van der Waals surface area contributed by atoms with Crippen LogP contribution >= 0.6 is 0 Å². The number of benzene rings is 1. The van der Waals surface area contributed by atoms with E-state index in [0.717, 1.165) is 32.5 Å². The van der Waals surface area contributed by atoms with Crippen molar-refractivity contribution in [1.82, 2.24) is 18.4 Å². The van der Waals surface area contributed by atoms with Crippen LogP contribution in [-0.2, 0) is 21.4 Å². The van der Waals surface area contributed by atoms with Gasteiger partial charge in [0, 0.05) is 52.7 Å². The minimum Gasteiger partial charge on any atom is -0.341 e. The van der Waals surface area contributed by atoms with E-state index in [2.05, 4.69) is 17.0 Å². The standard InChI is InChI=1S/C22H36N4O3S/c1-23(2)30(28,29)26(18-17-24-14-6-7-15-24)21-13-16-25(19-21)22(27)12-8-11-20-9-4-3-5-10-20/h3-5,9-10,21H,6-8,11-19H2,1-2H3/t21-/m0/s1. The lowest BCUT2D eigenvalue weighted by atomic mass is 10.1. The van der Waals surface area contributed by atoms with Crippen molar-refractivity contribution < 1.29 is 13.2 Å². The summed E-state index contributed by atoms with van der Waals surface area (Å²) < 4.78 is 28.8. The summed E-state index contributed by atoms with van der Waals surface area (Å²) in [5.74, 6) is 0.134. The maximum atomic E-state index is 13.0. The van der Waals surface area contributed by atoms with Crippen LogP contribution in [0.2, 0.25) is 0 Å². The third-order valence-corrected chi connectivity index (χ3v) is 8.21. The van der Waals surface area contributed by atoms with Gasteiger partial charge in [-0.1, -0.05) is 30.3 Å². The molecule has 0 N–H and O–H groups in total. The van der Waals surface area contributed by atoms with Gasteiger partial charge in [0.1, 0.15) is 0 Å². The summed E-state index contributed by atoms with van der Waals surface area (Å²) in [5, 5.41) is 0. The van der Waals surface area contributed by atoms with Crippen molar-refractivity contribution in [2.45, 2.75) is 44.6 Å². The SMILES string of the molecule is CN(C)S(=O)(=O)N(CCN1CCCC1)[C@H]1CCN(C(=O)CCCc2ccccc2)C1. The van der Waals surface area contributed by atoms with Crippen molar-refractivity contribution in [3.05, 3.63) is 35.9 Å². The van der Waals surface area contributed by atoms with E-state index in [0.29, 0.717) is 32.5 Å². The molecule has 0 radical (unpaired) electrons. The van der Waals surface area contributed by atoms with E-state index in [9.17, 15) is 13.2 Å². The fourth-order valence-electron chi connectivity index (χ4n) is 4.39. The van der Waals surface area contributed by atoms with Crippen LogP contribution in [0.15, 0.2) is 30.3 Å². The Morgan fingerprint density at radius 1 is 1.10 bits per heavy atom. The van der Waals surface area contributed by atoms with Crippen molar-refractivity contribution >= 4 is 16.1 Å². The molecule has 1 atom stereocenters. The monoisotopic (exact) mass is 436 g/mol. The first-order chi connectivity index (χ1) is 14.4. The van der Waals surface area contributed by atoms with E-state index in [4.69, 9.17) is 0 Å². The first-order valence-electron chi connectivity index (χ1n) is 11.1. The average molecular weight is 437 g/mol. The summed E-state index contributed by atoms with van der Waals surface area (Å²) in [4.78, 5) is 16.9. The molecule has 0 bridgehead atoms. The Labute approximate surface area is 181 Å². The molecule has 0 spiro atoms. The first kappa shape index (κ1) is 23.2. The summed E-state index contributed by atoms with van der Waals surface area (Å²) in [6, 6.07) is 10.1. The van der Waals surface area contributed by atoms with E-state index in [-0.39, 0.29) is 11.9 Å². The number of nitrogens with zero attached hydrogens (tertiary/aromatic N) is 4. The van der Waals surface area contributed by atoms with E-state index < -0.39 is 10.2 Å². The third-order valence-electron chi connectivity index (χ3n) is 6.22. The van der Waals surface area contributed by atoms with Crippen molar-refractivity contribution in [1.29, 1.82) is 0 Å². The molecule has 168 valence electrons. The molecule has 2 heterocycles. The Morgan fingerprint density at radius 2 is 1.80 bits per heavy atom. The summed E-state index contributed by atoms with van der Waals surface area (Å²) >= 11 is 0. The molecule has 2 fully saturated rings. The molecule has 0 unspecified atom stereocenters. The Bertz CT molecular complexity index is 779. The van der Waals surface area contributed by atoms with Gasteiger partial charge in [-0.25, -0.2) is 0 Å². The minimum absolute atomic E-state index is 0.134. The van der Waals surface area contributed by atoms with Gasteiger partial charge in [-0.15, -0.1) is 0 Å². The smallest absolute Gasteiger partial charge is 0.281 e. The second kappa shape index (κ2) is 10.7. The predicted molar refractivity (Wildman–Crippen MR) is 119 cm³/mol. The van der Waals surface area contributed by atoms with Crippen LogP contribution in [-0.4, -0.2) is 92.1 Å². The van der Waals surface area contributed by atoms with Gasteiger partial charge in [0.15, 0.2) is 0 Å². The van der Waals surface area contributed by atoms with Gasteiger partial charge in [-0.3, -0.25) is 4.79 Å². The zero-order valence-electron chi connectivity index (χ0n) is 18.4. The number of carbonyl (C=O) groups excluding carboxylic acids is 1. The lowest BCUT2D eigenvalue weighted by molar-refractivity contribution is -0.130. The van der Waals surface area contributed by atoms with E-state index >= 15 is 0 Å². The van der Waals surface area contributed by atoms with Crippen LogP contribution in [0.25, 0.3) is 0 Å². The number of hydrogen-bond acceptors (Lipinski definition) is 4. The van der Waals surface area contributed by atoms with E-state index in [1.165, 1.54) is 22.7 Å². The van der Waals surface area contributed by atoms with Crippen LogP contribution in [0.4, 0.5) is 0 Å². The van der Waals surface area contributed by atoms with Crippen LogP contribution in [0, 0.1) is 0 Å². The fourth-order valence-corrected chi connectivity index (χ4v) is 5.67. The number of aryl methyl sites for hydroxylation is 1. The number of hydrogen-bond donors (Lipinski definition) is 0. The predicted octanol–water partition coefficient (Wildman–Crippen LogP) is 1.81. The molecule has 1 aromatic carbocycles. The molecule has 7 nitrogen and oxygen atoms in total. The highest BCUT2D eigenvalue weighted by Gasteiger charge is 2.37. The Morgan fingerprint density at radius 3 is 2.47 bits per heavy atom. The minimum atomic E-state index is -3.51. The van der Waals surface area contributed by atoms with Gasteiger partial charge in [0.2, 0.25) is 5.91 Å². The highest BCUT2D eigenvalue weighted by molar-refractivity contribution is 7.86. The number of rotatable bonds is 10. The van der Waals surface area contributed by atoms with Crippen LogP contribution in [0.3, 0.4) is 0 Å². The van der Waals surface area contributed by atoms with Gasteiger partial charge in [-0.2, -0.15) is 17.0 Å². The topological polar surface area (TPSA) is 64.2 Å². The zero-order chi connectivity index (χ0) is 21.6. The van der Waals surface area contributed by atoms with Crippen molar-refractivity contribution in [2.75, 3.05) is 53.4 Å². The molecule has 1 aromatic rings. The molecule has 0 saturated carbocycles. The molecular formula is C22H36N4O3S. The van der Waals surface area contributed by atoms with Gasteiger partial charge >= 0.3 is 0 Å². The van der Waals surface area contributed by atoms with Gasteiger partial charge in [0.25, 0.3) is 10.2 Å². The Kier molecular flexibility index (Phi) is 8.27. The second-order valence-corrected chi connectivity index (χ2v) is 10.7. The van der Waals surface area contributed by atoms with Crippen molar-refractivity contribution in [2.24, 2.45) is 0 Å². The highest BCUT2D eigenvalue weighted by Crippen LogP contribution is 2.22. The van der Waals surface area contributed by atoms with Crippen molar-refractivity contribution in [3.8, 4) is 0 Å².